The normalized spacial score (nSPS) is 20.7. The van der Waals surface area contributed by atoms with E-state index in [1.165, 1.54) is 12.1 Å². The summed E-state index contributed by atoms with van der Waals surface area (Å²) in [6.45, 7) is 3.72. The van der Waals surface area contributed by atoms with Crippen molar-refractivity contribution < 1.29 is 9.18 Å². The van der Waals surface area contributed by atoms with E-state index in [4.69, 9.17) is 0 Å². The predicted octanol–water partition coefficient (Wildman–Crippen LogP) is 1.96. The van der Waals surface area contributed by atoms with E-state index < -0.39 is 0 Å². The lowest BCUT2D eigenvalue weighted by Gasteiger charge is -2.30. The number of aryl methyl sites for hydroxylation is 1. The van der Waals surface area contributed by atoms with Gasteiger partial charge in [0.25, 0.3) is 5.91 Å². The summed E-state index contributed by atoms with van der Waals surface area (Å²) in [6.07, 6.45) is 2.11. The molecular formula is C14H19FN2O. The zero-order valence-corrected chi connectivity index (χ0v) is 10.9. The number of carbonyl (C=O) groups excluding carboxylic acids is 1. The van der Waals surface area contributed by atoms with E-state index in [2.05, 4.69) is 17.3 Å². The van der Waals surface area contributed by atoms with Gasteiger partial charge in [0.1, 0.15) is 5.82 Å². The molecule has 1 heterocycles. The number of likely N-dealkylation sites (N-methyl/N-ethyl adjacent to an activating group) is 1. The van der Waals surface area contributed by atoms with E-state index in [1.54, 1.807) is 13.0 Å². The topological polar surface area (TPSA) is 32.3 Å². The van der Waals surface area contributed by atoms with Crippen molar-refractivity contribution in [1.82, 2.24) is 10.2 Å². The highest BCUT2D eigenvalue weighted by Crippen LogP contribution is 2.12. The van der Waals surface area contributed by atoms with E-state index in [0.717, 1.165) is 25.9 Å². The van der Waals surface area contributed by atoms with Crippen molar-refractivity contribution in [2.45, 2.75) is 25.8 Å². The minimum atomic E-state index is -0.304. The van der Waals surface area contributed by atoms with Gasteiger partial charge in [0.05, 0.1) is 0 Å². The highest BCUT2D eigenvalue weighted by Gasteiger charge is 2.20. The molecule has 1 amide bonds. The molecule has 0 spiro atoms. The maximum Gasteiger partial charge on any atom is 0.251 e. The smallest absolute Gasteiger partial charge is 0.251 e. The molecule has 18 heavy (non-hydrogen) atoms. The first-order valence-electron chi connectivity index (χ1n) is 6.32. The summed E-state index contributed by atoms with van der Waals surface area (Å²) in [6, 6.07) is 4.46. The molecule has 1 saturated heterocycles. The van der Waals surface area contributed by atoms with Crippen molar-refractivity contribution in [2.75, 3.05) is 20.1 Å². The van der Waals surface area contributed by atoms with Gasteiger partial charge in [0, 0.05) is 18.2 Å². The predicted molar refractivity (Wildman–Crippen MR) is 69.1 cm³/mol. The van der Waals surface area contributed by atoms with Crippen LogP contribution in [0.15, 0.2) is 18.2 Å². The third-order valence-corrected chi connectivity index (χ3v) is 3.39. The van der Waals surface area contributed by atoms with Crippen LogP contribution in [0.25, 0.3) is 0 Å². The molecular weight excluding hydrogens is 231 g/mol. The van der Waals surface area contributed by atoms with Gasteiger partial charge in [0.15, 0.2) is 0 Å². The molecule has 0 bridgehead atoms. The molecule has 2 rings (SSSR count). The SMILES string of the molecule is Cc1cc(F)ccc1C(=O)NC1CCCN(C)C1. The van der Waals surface area contributed by atoms with Gasteiger partial charge in [-0.25, -0.2) is 4.39 Å². The van der Waals surface area contributed by atoms with Crippen LogP contribution in [0, 0.1) is 12.7 Å². The molecule has 1 unspecified atom stereocenters. The van der Waals surface area contributed by atoms with Crippen molar-refractivity contribution >= 4 is 5.91 Å². The molecule has 1 fully saturated rings. The lowest BCUT2D eigenvalue weighted by Crippen LogP contribution is -2.46. The molecule has 1 atom stereocenters. The molecule has 0 radical (unpaired) electrons. The Morgan fingerprint density at radius 1 is 1.50 bits per heavy atom. The van der Waals surface area contributed by atoms with Crippen LogP contribution in [-0.2, 0) is 0 Å². The number of piperidine rings is 1. The largest absolute Gasteiger partial charge is 0.348 e. The van der Waals surface area contributed by atoms with Crippen molar-refractivity contribution in [2.24, 2.45) is 0 Å². The van der Waals surface area contributed by atoms with Crippen LogP contribution in [0.5, 0.6) is 0 Å². The Morgan fingerprint density at radius 3 is 2.94 bits per heavy atom. The second-order valence-corrected chi connectivity index (χ2v) is 5.03. The third kappa shape index (κ3) is 3.07. The molecule has 0 saturated carbocycles. The third-order valence-electron chi connectivity index (χ3n) is 3.39. The van der Waals surface area contributed by atoms with Crippen LogP contribution < -0.4 is 5.32 Å². The molecule has 98 valence electrons. The molecule has 1 N–H and O–H groups in total. The van der Waals surface area contributed by atoms with Crippen molar-refractivity contribution in [3.8, 4) is 0 Å². The quantitative estimate of drug-likeness (QED) is 0.870. The van der Waals surface area contributed by atoms with E-state index in [1.807, 2.05) is 0 Å². The van der Waals surface area contributed by atoms with Gasteiger partial charge in [-0.15, -0.1) is 0 Å². The molecule has 1 aliphatic heterocycles. The number of hydrogen-bond acceptors (Lipinski definition) is 2. The average molecular weight is 250 g/mol. The maximum absolute atomic E-state index is 13.0. The Bertz CT molecular complexity index is 447. The summed E-state index contributed by atoms with van der Waals surface area (Å²) < 4.78 is 13.0. The number of nitrogens with zero attached hydrogens (tertiary/aromatic N) is 1. The van der Waals surface area contributed by atoms with Gasteiger partial charge in [-0.1, -0.05) is 0 Å². The Kier molecular flexibility index (Phi) is 3.97. The van der Waals surface area contributed by atoms with Crippen LogP contribution >= 0.6 is 0 Å². The van der Waals surface area contributed by atoms with Gasteiger partial charge in [0.2, 0.25) is 0 Å². The van der Waals surface area contributed by atoms with Gasteiger partial charge >= 0.3 is 0 Å². The standard InChI is InChI=1S/C14H19FN2O/c1-10-8-11(15)5-6-13(10)14(18)16-12-4-3-7-17(2)9-12/h5-6,8,12H,3-4,7,9H2,1-2H3,(H,16,18). The number of halogens is 1. The van der Waals surface area contributed by atoms with Gasteiger partial charge in [-0.05, 0) is 57.1 Å². The first-order valence-corrected chi connectivity index (χ1v) is 6.32. The molecule has 3 nitrogen and oxygen atoms in total. The number of nitrogens with one attached hydrogen (secondary N) is 1. The molecule has 4 heteroatoms. The number of amides is 1. The van der Waals surface area contributed by atoms with E-state index in [0.29, 0.717) is 11.1 Å². The molecule has 1 aromatic rings. The number of likely N-dealkylation sites (tertiary alicyclic amines) is 1. The van der Waals surface area contributed by atoms with Crippen LogP contribution in [0.4, 0.5) is 4.39 Å². The van der Waals surface area contributed by atoms with Crippen LogP contribution in [0.3, 0.4) is 0 Å². The summed E-state index contributed by atoms with van der Waals surface area (Å²) in [5, 5.41) is 3.02. The maximum atomic E-state index is 13.0. The summed E-state index contributed by atoms with van der Waals surface area (Å²) in [4.78, 5) is 14.3. The average Bonchev–Trinajstić information content (AvgIpc) is 2.28. The second-order valence-electron chi connectivity index (χ2n) is 5.03. The Morgan fingerprint density at radius 2 is 2.28 bits per heavy atom. The second kappa shape index (κ2) is 5.48. The summed E-state index contributed by atoms with van der Waals surface area (Å²) in [5.74, 6) is -0.408. The summed E-state index contributed by atoms with van der Waals surface area (Å²) >= 11 is 0. The van der Waals surface area contributed by atoms with Gasteiger partial charge < -0.3 is 10.2 Å². The van der Waals surface area contributed by atoms with E-state index in [9.17, 15) is 9.18 Å². The van der Waals surface area contributed by atoms with Crippen molar-refractivity contribution in [3.63, 3.8) is 0 Å². The fourth-order valence-corrected chi connectivity index (χ4v) is 2.43. The molecule has 0 aromatic heterocycles. The Hall–Kier alpha value is -1.42. The number of rotatable bonds is 2. The number of benzene rings is 1. The highest BCUT2D eigenvalue weighted by atomic mass is 19.1. The van der Waals surface area contributed by atoms with Crippen LogP contribution in [-0.4, -0.2) is 37.0 Å². The number of carbonyl (C=O) groups is 1. The van der Waals surface area contributed by atoms with Gasteiger partial charge in [-0.2, -0.15) is 0 Å². The van der Waals surface area contributed by atoms with Gasteiger partial charge in [-0.3, -0.25) is 4.79 Å². The molecule has 1 aromatic carbocycles. The zero-order chi connectivity index (χ0) is 13.1. The fraction of sp³-hybridized carbons (Fsp3) is 0.500. The Labute approximate surface area is 107 Å². The minimum Gasteiger partial charge on any atom is -0.348 e. The summed E-state index contributed by atoms with van der Waals surface area (Å²) in [7, 11) is 2.06. The Balaban J connectivity index is 2.03. The molecule has 0 aliphatic carbocycles. The van der Waals surface area contributed by atoms with E-state index >= 15 is 0 Å². The van der Waals surface area contributed by atoms with Crippen molar-refractivity contribution in [1.29, 1.82) is 0 Å². The lowest BCUT2D eigenvalue weighted by molar-refractivity contribution is 0.0912. The number of hydrogen-bond donors (Lipinski definition) is 1. The highest BCUT2D eigenvalue weighted by molar-refractivity contribution is 5.95. The van der Waals surface area contributed by atoms with Crippen LogP contribution in [0.1, 0.15) is 28.8 Å². The van der Waals surface area contributed by atoms with Crippen LogP contribution in [0.2, 0.25) is 0 Å². The first kappa shape index (κ1) is 13.0. The monoisotopic (exact) mass is 250 g/mol. The fourth-order valence-electron chi connectivity index (χ4n) is 2.43. The van der Waals surface area contributed by atoms with E-state index in [-0.39, 0.29) is 17.8 Å². The molecule has 1 aliphatic rings. The summed E-state index contributed by atoms with van der Waals surface area (Å²) in [5.41, 5.74) is 1.24. The van der Waals surface area contributed by atoms with Crippen molar-refractivity contribution in [3.05, 3.63) is 35.1 Å². The lowest BCUT2D eigenvalue weighted by atomic mass is 10.0. The zero-order valence-electron chi connectivity index (χ0n) is 10.9. The first-order chi connectivity index (χ1) is 8.56. The minimum absolute atomic E-state index is 0.104.